The Labute approximate surface area is 167 Å². The zero-order valence-electron chi connectivity index (χ0n) is 17.5. The number of carbonyl (C=O) groups is 2. The third-order valence-electron chi connectivity index (χ3n) is 5.63. The molecule has 1 fully saturated rings. The highest BCUT2D eigenvalue weighted by molar-refractivity contribution is 5.82. The van der Waals surface area contributed by atoms with Crippen LogP contribution >= 0.6 is 0 Å². The Balaban J connectivity index is 1.80. The molecule has 1 aromatic heterocycles. The average molecular weight is 385 g/mol. The van der Waals surface area contributed by atoms with Gasteiger partial charge in [-0.15, -0.1) is 0 Å². The number of rotatable bonds is 5. The zero-order valence-corrected chi connectivity index (χ0v) is 17.5. The highest BCUT2D eigenvalue weighted by Crippen LogP contribution is 2.23. The molecule has 28 heavy (non-hydrogen) atoms. The third-order valence-corrected chi connectivity index (χ3v) is 5.63. The quantitative estimate of drug-likeness (QED) is 0.858. The van der Waals surface area contributed by atoms with Crippen molar-refractivity contribution in [2.75, 3.05) is 7.05 Å². The normalized spacial score (nSPS) is 15.6. The molecule has 2 amide bonds. The standard InChI is InChI=1S/C22H32N4O2/c1-22(2,3)21(28)23-14-19-24-17-12-8-9-13-18(17)26(19)15-20(27)25(4)16-10-6-5-7-11-16/h8-9,12-13,16H,5-7,10-11,14-15H2,1-4H3,(H,23,28). The summed E-state index contributed by atoms with van der Waals surface area (Å²) in [5, 5.41) is 2.96. The molecule has 152 valence electrons. The topological polar surface area (TPSA) is 67.2 Å². The van der Waals surface area contributed by atoms with Crippen LogP contribution in [0.5, 0.6) is 0 Å². The number of hydrogen-bond donors (Lipinski definition) is 1. The molecular weight excluding hydrogens is 352 g/mol. The van der Waals surface area contributed by atoms with Crippen molar-refractivity contribution in [3.8, 4) is 0 Å². The summed E-state index contributed by atoms with van der Waals surface area (Å²) in [5.41, 5.74) is 1.30. The number of aromatic nitrogens is 2. The number of para-hydroxylation sites is 2. The fourth-order valence-corrected chi connectivity index (χ4v) is 3.78. The van der Waals surface area contributed by atoms with Crippen molar-refractivity contribution < 1.29 is 9.59 Å². The molecule has 1 saturated carbocycles. The van der Waals surface area contributed by atoms with Crippen LogP contribution in [0, 0.1) is 5.41 Å². The van der Waals surface area contributed by atoms with E-state index >= 15 is 0 Å². The number of hydrogen-bond acceptors (Lipinski definition) is 3. The minimum absolute atomic E-state index is 0.0308. The molecule has 3 rings (SSSR count). The number of carbonyl (C=O) groups excluding carboxylic acids is 2. The van der Waals surface area contributed by atoms with E-state index in [0.717, 1.165) is 23.9 Å². The number of benzene rings is 1. The van der Waals surface area contributed by atoms with Crippen LogP contribution in [0.1, 0.15) is 58.7 Å². The maximum Gasteiger partial charge on any atom is 0.242 e. The molecular formula is C22H32N4O2. The van der Waals surface area contributed by atoms with Gasteiger partial charge in [0.05, 0.1) is 17.6 Å². The SMILES string of the molecule is CN(C(=O)Cn1c(CNC(=O)C(C)(C)C)nc2ccccc21)C1CCCCC1. The van der Waals surface area contributed by atoms with Gasteiger partial charge < -0.3 is 14.8 Å². The number of fused-ring (bicyclic) bond motifs is 1. The molecule has 0 saturated heterocycles. The van der Waals surface area contributed by atoms with E-state index in [1.165, 1.54) is 19.3 Å². The fraction of sp³-hybridized carbons (Fsp3) is 0.591. The van der Waals surface area contributed by atoms with Crippen LogP contribution in [-0.2, 0) is 22.7 Å². The van der Waals surface area contributed by atoms with Crippen molar-refractivity contribution in [2.24, 2.45) is 5.41 Å². The van der Waals surface area contributed by atoms with E-state index in [4.69, 9.17) is 0 Å². The molecule has 6 nitrogen and oxygen atoms in total. The first-order chi connectivity index (χ1) is 13.3. The molecule has 6 heteroatoms. The number of likely N-dealkylation sites (N-methyl/N-ethyl adjacent to an activating group) is 1. The molecule has 2 aromatic rings. The van der Waals surface area contributed by atoms with Crippen LogP contribution < -0.4 is 5.32 Å². The van der Waals surface area contributed by atoms with E-state index in [-0.39, 0.29) is 18.4 Å². The van der Waals surface area contributed by atoms with Gasteiger partial charge in [0.25, 0.3) is 0 Å². The molecule has 0 unspecified atom stereocenters. The van der Waals surface area contributed by atoms with Gasteiger partial charge in [0.2, 0.25) is 11.8 Å². The lowest BCUT2D eigenvalue weighted by Gasteiger charge is -2.31. The second kappa shape index (κ2) is 8.33. The summed E-state index contributed by atoms with van der Waals surface area (Å²) in [6, 6.07) is 8.14. The van der Waals surface area contributed by atoms with Crippen LogP contribution in [0.15, 0.2) is 24.3 Å². The molecule has 0 atom stereocenters. The van der Waals surface area contributed by atoms with Gasteiger partial charge in [0.15, 0.2) is 0 Å². The lowest BCUT2D eigenvalue weighted by atomic mass is 9.94. The Kier molecular flexibility index (Phi) is 6.06. The van der Waals surface area contributed by atoms with Crippen molar-refractivity contribution in [3.05, 3.63) is 30.1 Å². The van der Waals surface area contributed by atoms with E-state index in [1.807, 2.05) is 61.6 Å². The fourth-order valence-electron chi connectivity index (χ4n) is 3.78. The molecule has 0 spiro atoms. The van der Waals surface area contributed by atoms with Crippen LogP contribution in [0.3, 0.4) is 0 Å². The summed E-state index contributed by atoms with van der Waals surface area (Å²) < 4.78 is 1.94. The summed E-state index contributed by atoms with van der Waals surface area (Å²) in [7, 11) is 1.92. The molecule has 1 aliphatic carbocycles. The lowest BCUT2D eigenvalue weighted by Crippen LogP contribution is -2.40. The van der Waals surface area contributed by atoms with Crippen molar-refractivity contribution in [3.63, 3.8) is 0 Å². The summed E-state index contributed by atoms with van der Waals surface area (Å²) in [5.74, 6) is 0.777. The van der Waals surface area contributed by atoms with Crippen molar-refractivity contribution in [2.45, 2.75) is 72.0 Å². The second-order valence-corrected chi connectivity index (χ2v) is 8.83. The summed E-state index contributed by atoms with van der Waals surface area (Å²) in [4.78, 5) is 31.8. The highest BCUT2D eigenvalue weighted by Gasteiger charge is 2.25. The first-order valence-corrected chi connectivity index (χ1v) is 10.3. The zero-order chi connectivity index (χ0) is 20.3. The van der Waals surface area contributed by atoms with E-state index in [2.05, 4.69) is 10.3 Å². The number of amides is 2. The van der Waals surface area contributed by atoms with Gasteiger partial charge in [-0.05, 0) is 25.0 Å². The smallest absolute Gasteiger partial charge is 0.242 e. The van der Waals surface area contributed by atoms with Crippen LogP contribution in [0.25, 0.3) is 11.0 Å². The Morgan fingerprint density at radius 2 is 1.86 bits per heavy atom. The first-order valence-electron chi connectivity index (χ1n) is 10.3. The van der Waals surface area contributed by atoms with Crippen molar-refractivity contribution in [1.82, 2.24) is 19.8 Å². The van der Waals surface area contributed by atoms with Crippen LogP contribution in [0.2, 0.25) is 0 Å². The van der Waals surface area contributed by atoms with Gasteiger partial charge in [0.1, 0.15) is 12.4 Å². The summed E-state index contributed by atoms with van der Waals surface area (Å²) in [6.07, 6.45) is 5.83. The Hall–Kier alpha value is -2.37. The molecule has 1 heterocycles. The van der Waals surface area contributed by atoms with Crippen molar-refractivity contribution in [1.29, 1.82) is 0 Å². The Bertz CT molecular complexity index is 844. The maximum atomic E-state index is 13.0. The van der Waals surface area contributed by atoms with E-state index in [0.29, 0.717) is 18.4 Å². The molecule has 1 aromatic carbocycles. The lowest BCUT2D eigenvalue weighted by molar-refractivity contribution is -0.133. The Morgan fingerprint density at radius 1 is 1.18 bits per heavy atom. The first kappa shape index (κ1) is 20.4. The Morgan fingerprint density at radius 3 is 2.54 bits per heavy atom. The van der Waals surface area contributed by atoms with Gasteiger partial charge in [-0.3, -0.25) is 9.59 Å². The molecule has 1 aliphatic rings. The van der Waals surface area contributed by atoms with Gasteiger partial charge >= 0.3 is 0 Å². The molecule has 0 radical (unpaired) electrons. The summed E-state index contributed by atoms with van der Waals surface area (Å²) >= 11 is 0. The van der Waals surface area contributed by atoms with Crippen LogP contribution in [0.4, 0.5) is 0 Å². The monoisotopic (exact) mass is 384 g/mol. The van der Waals surface area contributed by atoms with Gasteiger partial charge in [-0.25, -0.2) is 4.98 Å². The van der Waals surface area contributed by atoms with Gasteiger partial charge in [-0.1, -0.05) is 52.2 Å². The minimum atomic E-state index is -0.464. The van der Waals surface area contributed by atoms with Gasteiger partial charge in [-0.2, -0.15) is 0 Å². The highest BCUT2D eigenvalue weighted by atomic mass is 16.2. The maximum absolute atomic E-state index is 13.0. The number of nitrogens with zero attached hydrogens (tertiary/aromatic N) is 3. The number of nitrogens with one attached hydrogen (secondary N) is 1. The predicted molar refractivity (Wildman–Crippen MR) is 111 cm³/mol. The molecule has 0 aliphatic heterocycles. The van der Waals surface area contributed by atoms with Gasteiger partial charge in [0, 0.05) is 18.5 Å². The average Bonchev–Trinajstić information content (AvgIpc) is 3.03. The largest absolute Gasteiger partial charge is 0.348 e. The van der Waals surface area contributed by atoms with E-state index in [1.54, 1.807) is 0 Å². The molecule has 0 bridgehead atoms. The minimum Gasteiger partial charge on any atom is -0.348 e. The number of imidazole rings is 1. The van der Waals surface area contributed by atoms with Crippen molar-refractivity contribution >= 4 is 22.8 Å². The second-order valence-electron chi connectivity index (χ2n) is 8.83. The summed E-state index contributed by atoms with van der Waals surface area (Å²) in [6.45, 7) is 6.20. The third kappa shape index (κ3) is 4.54. The van der Waals surface area contributed by atoms with E-state index < -0.39 is 5.41 Å². The predicted octanol–water partition coefficient (Wildman–Crippen LogP) is 3.49. The van der Waals surface area contributed by atoms with E-state index in [9.17, 15) is 9.59 Å². The molecule has 1 N–H and O–H groups in total. The van der Waals surface area contributed by atoms with Crippen LogP contribution in [-0.4, -0.2) is 39.4 Å².